The first kappa shape index (κ1) is 11.4. The zero-order chi connectivity index (χ0) is 8.53. The monoisotopic (exact) mass is 191 g/mol. The molecule has 0 N–H and O–H groups in total. The molecule has 0 radical (unpaired) electrons. The largest absolute Gasteiger partial charge is 0.232 e. The molecule has 0 bridgehead atoms. The van der Waals surface area contributed by atoms with Crippen molar-refractivity contribution in [2.24, 2.45) is 0 Å². The van der Waals surface area contributed by atoms with Crippen molar-refractivity contribution in [3.63, 3.8) is 0 Å². The van der Waals surface area contributed by atoms with Gasteiger partial charge in [0.25, 0.3) is 0 Å². The molecule has 0 saturated heterocycles. The summed E-state index contributed by atoms with van der Waals surface area (Å²) in [6.45, 7) is 4.45. The van der Waals surface area contributed by atoms with Gasteiger partial charge in [-0.2, -0.15) is 0 Å². The SMILES string of the molecule is CCCCSC(=[SH+])CCCC. The maximum atomic E-state index is 4.42. The van der Waals surface area contributed by atoms with Gasteiger partial charge in [0.1, 0.15) is 0 Å². The highest BCUT2D eigenvalue weighted by Gasteiger charge is 2.03. The lowest BCUT2D eigenvalue weighted by Crippen LogP contribution is -1.91. The van der Waals surface area contributed by atoms with Crippen molar-refractivity contribution >= 4 is 28.2 Å². The van der Waals surface area contributed by atoms with Gasteiger partial charge in [-0.25, -0.2) is 0 Å². The molecule has 0 aromatic rings. The Morgan fingerprint density at radius 3 is 2.36 bits per heavy atom. The molecule has 0 aliphatic carbocycles. The average molecular weight is 191 g/mol. The smallest absolute Gasteiger partial charge is 0.0700 e. The van der Waals surface area contributed by atoms with E-state index in [0.29, 0.717) is 0 Å². The molecule has 0 aromatic carbocycles. The minimum Gasteiger partial charge on any atom is -0.0700 e. The minimum absolute atomic E-state index is 1.19. The molecule has 2 heteroatoms. The molecular weight excluding hydrogens is 172 g/mol. The Bertz CT molecular complexity index is 99.7. The van der Waals surface area contributed by atoms with Crippen LogP contribution in [0.2, 0.25) is 0 Å². The first-order valence-corrected chi connectivity index (χ1v) is 5.92. The fourth-order valence-corrected chi connectivity index (χ4v) is 2.12. The molecule has 0 heterocycles. The number of unbranched alkanes of at least 4 members (excludes halogenated alkanes) is 2. The van der Waals surface area contributed by atoms with E-state index in [1.807, 2.05) is 11.8 Å². The molecule has 66 valence electrons. The van der Waals surface area contributed by atoms with Gasteiger partial charge in [-0.1, -0.05) is 38.5 Å². The van der Waals surface area contributed by atoms with E-state index in [9.17, 15) is 0 Å². The molecular formula is C9H19S2+. The summed E-state index contributed by atoms with van der Waals surface area (Å²) in [5.41, 5.74) is 0. The Morgan fingerprint density at radius 1 is 1.18 bits per heavy atom. The Kier molecular flexibility index (Phi) is 8.88. The van der Waals surface area contributed by atoms with Crippen LogP contribution < -0.4 is 0 Å². The van der Waals surface area contributed by atoms with Crippen LogP contribution in [0.15, 0.2) is 0 Å². The van der Waals surface area contributed by atoms with Crippen molar-refractivity contribution in [3.05, 3.63) is 0 Å². The van der Waals surface area contributed by atoms with Crippen LogP contribution in [0.4, 0.5) is 0 Å². The number of hydrogen-bond donors (Lipinski definition) is 0. The van der Waals surface area contributed by atoms with Crippen LogP contribution in [0.5, 0.6) is 0 Å². The molecule has 0 nitrogen and oxygen atoms in total. The summed E-state index contributed by atoms with van der Waals surface area (Å²) in [7, 11) is 0. The molecule has 0 spiro atoms. The summed E-state index contributed by atoms with van der Waals surface area (Å²) >= 11 is 6.34. The first-order chi connectivity index (χ1) is 5.31. The molecule has 0 atom stereocenters. The molecule has 0 amide bonds. The van der Waals surface area contributed by atoms with Crippen LogP contribution in [0, 0.1) is 0 Å². The van der Waals surface area contributed by atoms with Crippen molar-refractivity contribution in [2.75, 3.05) is 5.75 Å². The van der Waals surface area contributed by atoms with E-state index in [-0.39, 0.29) is 0 Å². The van der Waals surface area contributed by atoms with Gasteiger partial charge < -0.3 is 0 Å². The van der Waals surface area contributed by atoms with Crippen molar-refractivity contribution < 1.29 is 0 Å². The van der Waals surface area contributed by atoms with E-state index < -0.39 is 0 Å². The normalized spacial score (nSPS) is 10.0. The Balaban J connectivity index is 3.09. The van der Waals surface area contributed by atoms with Gasteiger partial charge >= 0.3 is 0 Å². The molecule has 0 fully saturated rings. The quantitative estimate of drug-likeness (QED) is 0.269. The van der Waals surface area contributed by atoms with Gasteiger partial charge in [0.05, 0.1) is 0 Å². The van der Waals surface area contributed by atoms with E-state index in [1.54, 1.807) is 0 Å². The van der Waals surface area contributed by atoms with Crippen LogP contribution in [0.25, 0.3) is 0 Å². The third-order valence-electron chi connectivity index (χ3n) is 1.51. The number of thioether (sulfide) groups is 1. The van der Waals surface area contributed by atoms with Crippen molar-refractivity contribution in [1.82, 2.24) is 0 Å². The molecule has 0 unspecified atom stereocenters. The Morgan fingerprint density at radius 2 is 1.82 bits per heavy atom. The fourth-order valence-electron chi connectivity index (χ4n) is 0.734. The number of thiol groups is 1. The van der Waals surface area contributed by atoms with E-state index in [0.717, 1.165) is 0 Å². The van der Waals surface area contributed by atoms with Crippen LogP contribution in [-0.2, 0) is 12.2 Å². The lowest BCUT2D eigenvalue weighted by molar-refractivity contribution is 0.844. The molecule has 0 aliphatic heterocycles. The first-order valence-electron chi connectivity index (χ1n) is 4.48. The third-order valence-corrected chi connectivity index (χ3v) is 3.15. The minimum atomic E-state index is 1.19. The van der Waals surface area contributed by atoms with Gasteiger partial charge in [0.15, 0.2) is 12.2 Å². The van der Waals surface area contributed by atoms with Gasteiger partial charge in [0, 0.05) is 12.2 Å². The van der Waals surface area contributed by atoms with Gasteiger partial charge in [-0.15, -0.1) is 0 Å². The highest BCUT2D eigenvalue weighted by Crippen LogP contribution is 2.10. The van der Waals surface area contributed by atoms with Crippen LogP contribution >= 0.6 is 11.8 Å². The highest BCUT2D eigenvalue weighted by atomic mass is 32.2. The van der Waals surface area contributed by atoms with Gasteiger partial charge in [0.2, 0.25) is 4.20 Å². The maximum Gasteiger partial charge on any atom is 0.232 e. The van der Waals surface area contributed by atoms with Crippen LogP contribution in [0.3, 0.4) is 0 Å². The summed E-state index contributed by atoms with van der Waals surface area (Å²) in [5.74, 6) is 1.25. The van der Waals surface area contributed by atoms with Crippen molar-refractivity contribution in [2.45, 2.75) is 46.0 Å². The molecule has 0 rings (SSSR count). The molecule has 0 aromatic heterocycles. The lowest BCUT2D eigenvalue weighted by Gasteiger charge is -1.94. The van der Waals surface area contributed by atoms with Crippen molar-refractivity contribution in [1.29, 1.82) is 0 Å². The average Bonchev–Trinajstić information content (AvgIpc) is 2.01. The van der Waals surface area contributed by atoms with Crippen LogP contribution in [0.1, 0.15) is 46.0 Å². The molecule has 0 aliphatic rings. The summed E-state index contributed by atoms with van der Waals surface area (Å²) in [4.78, 5) is 0. The Labute approximate surface area is 80.1 Å². The standard InChI is InChI=1S/C9H18S2/c1-3-5-7-9(10)11-8-6-4-2/h3-8H2,1-2H3/p+1. The number of rotatable bonds is 6. The maximum absolute atomic E-state index is 4.42. The predicted octanol–water partition coefficient (Wildman–Crippen LogP) is 3.12. The zero-order valence-electron chi connectivity index (χ0n) is 7.60. The second-order valence-electron chi connectivity index (χ2n) is 2.70. The van der Waals surface area contributed by atoms with Gasteiger partial charge in [-0.05, 0) is 12.8 Å². The molecule has 11 heavy (non-hydrogen) atoms. The fraction of sp³-hybridized carbons (Fsp3) is 0.889. The predicted molar refractivity (Wildman–Crippen MR) is 60.7 cm³/mol. The summed E-state index contributed by atoms with van der Waals surface area (Å²) in [5, 5.41) is 0. The van der Waals surface area contributed by atoms with Gasteiger partial charge in [-0.3, -0.25) is 0 Å². The number of hydrogen-bond acceptors (Lipinski definition) is 1. The van der Waals surface area contributed by atoms with E-state index >= 15 is 0 Å². The topological polar surface area (TPSA) is 0 Å². The van der Waals surface area contributed by atoms with E-state index in [2.05, 4.69) is 26.1 Å². The Hall–Kier alpha value is 0.440. The second kappa shape index (κ2) is 8.54. The zero-order valence-corrected chi connectivity index (χ0v) is 9.31. The third kappa shape index (κ3) is 8.35. The van der Waals surface area contributed by atoms with Crippen molar-refractivity contribution in [3.8, 4) is 0 Å². The lowest BCUT2D eigenvalue weighted by atomic mass is 10.3. The summed E-state index contributed by atoms with van der Waals surface area (Å²) in [6.07, 6.45) is 6.37. The summed E-state index contributed by atoms with van der Waals surface area (Å²) < 4.78 is 1.32. The van der Waals surface area contributed by atoms with E-state index in [1.165, 1.54) is 42.1 Å². The molecule has 0 saturated carbocycles. The van der Waals surface area contributed by atoms with E-state index in [4.69, 9.17) is 0 Å². The second-order valence-corrected chi connectivity index (χ2v) is 4.73. The van der Waals surface area contributed by atoms with Crippen LogP contribution in [-0.4, -0.2) is 9.95 Å². The highest BCUT2D eigenvalue weighted by molar-refractivity contribution is 8.20. The summed E-state index contributed by atoms with van der Waals surface area (Å²) in [6, 6.07) is 0.